The first-order valence-electron chi connectivity index (χ1n) is 2.98. The molecule has 0 atom stereocenters. The second kappa shape index (κ2) is 2.36. The maximum absolute atomic E-state index is 3.48. The molecule has 0 aliphatic heterocycles. The van der Waals surface area contributed by atoms with Crippen molar-refractivity contribution < 1.29 is 0 Å². The Labute approximate surface area is 71.6 Å². The third-order valence-electron chi connectivity index (χ3n) is 1.47. The number of hydrogen-bond donors (Lipinski definition) is 0. The van der Waals surface area contributed by atoms with Gasteiger partial charge in [-0.25, -0.2) is 0 Å². The molecule has 0 N–H and O–H groups in total. The number of fused-ring (bicyclic) bond motifs is 1. The molecule has 10 heavy (non-hydrogen) atoms. The zero-order valence-corrected chi connectivity index (χ0v) is 7.58. The molecule has 2 aromatic rings. The molecule has 0 fully saturated rings. The van der Waals surface area contributed by atoms with Crippen LogP contribution in [-0.4, -0.2) is 0 Å². The van der Waals surface area contributed by atoms with E-state index in [-0.39, 0.29) is 0 Å². The Morgan fingerprint density at radius 1 is 1.20 bits per heavy atom. The molecule has 0 spiro atoms. The number of thiophene rings is 1. The lowest BCUT2D eigenvalue weighted by molar-refractivity contribution is 1.78. The van der Waals surface area contributed by atoms with Crippen LogP contribution in [0.25, 0.3) is 10.8 Å². The van der Waals surface area contributed by atoms with Crippen LogP contribution >= 0.6 is 27.3 Å². The molecule has 50 valence electrons. The summed E-state index contributed by atoms with van der Waals surface area (Å²) in [7, 11) is 0. The molecule has 0 saturated heterocycles. The third-order valence-corrected chi connectivity index (χ3v) is 2.92. The average Bonchev–Trinajstić information content (AvgIpc) is 2.36. The van der Waals surface area contributed by atoms with Gasteiger partial charge >= 0.3 is 0 Å². The number of rotatable bonds is 0. The van der Waals surface area contributed by atoms with Gasteiger partial charge in [0.25, 0.3) is 0 Å². The van der Waals surface area contributed by atoms with E-state index in [0.717, 1.165) is 0 Å². The lowest BCUT2D eigenvalue weighted by Crippen LogP contribution is -1.63. The number of hydrogen-bond acceptors (Lipinski definition) is 1. The van der Waals surface area contributed by atoms with Gasteiger partial charge in [-0.15, -0.1) is 0 Å². The Morgan fingerprint density at radius 3 is 2.90 bits per heavy atom. The standard InChI is InChI=1S/C8H5BrS/c9-8-3-1-2-6-4-10-5-7(6)8/h1-5H. The minimum atomic E-state index is 1.19. The molecule has 1 aromatic carbocycles. The van der Waals surface area contributed by atoms with Gasteiger partial charge in [-0.05, 0) is 22.2 Å². The van der Waals surface area contributed by atoms with E-state index < -0.39 is 0 Å². The predicted molar refractivity (Wildman–Crippen MR) is 49.5 cm³/mol. The molecule has 0 saturated carbocycles. The molecular weight excluding hydrogens is 208 g/mol. The zero-order chi connectivity index (χ0) is 6.97. The highest BCUT2D eigenvalue weighted by atomic mass is 79.9. The molecule has 2 heteroatoms. The first kappa shape index (κ1) is 6.38. The number of halogens is 1. The maximum atomic E-state index is 3.48. The highest BCUT2D eigenvalue weighted by Gasteiger charge is 1.95. The summed E-state index contributed by atoms with van der Waals surface area (Å²) in [5, 5.41) is 6.94. The fraction of sp³-hybridized carbons (Fsp3) is 0. The van der Waals surface area contributed by atoms with Crippen LogP contribution in [0.1, 0.15) is 0 Å². The quantitative estimate of drug-likeness (QED) is 0.626. The van der Waals surface area contributed by atoms with Crippen molar-refractivity contribution in [3.05, 3.63) is 33.4 Å². The summed E-state index contributed by atoms with van der Waals surface area (Å²) in [5.41, 5.74) is 0. The van der Waals surface area contributed by atoms with E-state index in [1.807, 2.05) is 0 Å². The molecule has 0 aliphatic rings. The number of benzene rings is 1. The van der Waals surface area contributed by atoms with Gasteiger partial charge in [-0.3, -0.25) is 0 Å². The van der Waals surface area contributed by atoms with Gasteiger partial charge in [0.15, 0.2) is 0 Å². The summed E-state index contributed by atoms with van der Waals surface area (Å²) >= 11 is 5.22. The van der Waals surface area contributed by atoms with E-state index in [9.17, 15) is 0 Å². The van der Waals surface area contributed by atoms with Crippen LogP contribution in [-0.2, 0) is 0 Å². The van der Waals surface area contributed by atoms with Gasteiger partial charge in [-0.1, -0.05) is 28.1 Å². The van der Waals surface area contributed by atoms with Crippen molar-refractivity contribution in [2.24, 2.45) is 0 Å². The van der Waals surface area contributed by atoms with E-state index >= 15 is 0 Å². The summed E-state index contributed by atoms with van der Waals surface area (Å²) in [6.45, 7) is 0. The normalized spacial score (nSPS) is 10.5. The van der Waals surface area contributed by atoms with E-state index in [2.05, 4.69) is 44.9 Å². The van der Waals surface area contributed by atoms with Crippen molar-refractivity contribution in [1.82, 2.24) is 0 Å². The van der Waals surface area contributed by atoms with Crippen molar-refractivity contribution in [3.8, 4) is 0 Å². The second-order valence-electron chi connectivity index (χ2n) is 2.11. The van der Waals surface area contributed by atoms with Crippen LogP contribution < -0.4 is 0 Å². The molecule has 0 nitrogen and oxygen atoms in total. The Kier molecular flexibility index (Phi) is 1.51. The first-order valence-corrected chi connectivity index (χ1v) is 4.72. The molecule has 1 aromatic heterocycles. The molecule has 0 unspecified atom stereocenters. The topological polar surface area (TPSA) is 0 Å². The molecule has 0 aliphatic carbocycles. The summed E-state index contributed by atoms with van der Waals surface area (Å²) < 4.78 is 1.19. The summed E-state index contributed by atoms with van der Waals surface area (Å²) in [6.07, 6.45) is 0. The predicted octanol–water partition coefficient (Wildman–Crippen LogP) is 3.66. The molecule has 2 rings (SSSR count). The summed E-state index contributed by atoms with van der Waals surface area (Å²) in [5.74, 6) is 0. The zero-order valence-electron chi connectivity index (χ0n) is 5.17. The second-order valence-corrected chi connectivity index (χ2v) is 3.71. The van der Waals surface area contributed by atoms with E-state index in [0.29, 0.717) is 0 Å². The van der Waals surface area contributed by atoms with Gasteiger partial charge in [0, 0.05) is 9.86 Å². The van der Waals surface area contributed by atoms with E-state index in [1.165, 1.54) is 15.2 Å². The van der Waals surface area contributed by atoms with Crippen molar-refractivity contribution in [2.75, 3.05) is 0 Å². The Hall–Kier alpha value is -0.340. The lowest BCUT2D eigenvalue weighted by atomic mass is 10.2. The summed E-state index contributed by atoms with van der Waals surface area (Å²) in [6, 6.07) is 6.24. The molecular formula is C8H5BrS. The van der Waals surface area contributed by atoms with Crippen LogP contribution in [0.5, 0.6) is 0 Å². The Bertz CT molecular complexity index is 351. The highest BCUT2D eigenvalue weighted by molar-refractivity contribution is 9.10. The lowest BCUT2D eigenvalue weighted by Gasteiger charge is -1.90. The fourth-order valence-electron chi connectivity index (χ4n) is 0.956. The van der Waals surface area contributed by atoms with Crippen LogP contribution in [0, 0.1) is 0 Å². The van der Waals surface area contributed by atoms with Crippen LogP contribution in [0.15, 0.2) is 33.4 Å². The highest BCUT2D eigenvalue weighted by Crippen LogP contribution is 2.26. The smallest absolute Gasteiger partial charge is 0.0262 e. The molecule has 0 bridgehead atoms. The van der Waals surface area contributed by atoms with E-state index in [1.54, 1.807) is 11.3 Å². The molecule has 0 radical (unpaired) electrons. The fourth-order valence-corrected chi connectivity index (χ4v) is 2.42. The minimum Gasteiger partial charge on any atom is -0.151 e. The van der Waals surface area contributed by atoms with Crippen molar-refractivity contribution in [2.45, 2.75) is 0 Å². The van der Waals surface area contributed by atoms with Crippen LogP contribution in [0.4, 0.5) is 0 Å². The van der Waals surface area contributed by atoms with E-state index in [4.69, 9.17) is 0 Å². The van der Waals surface area contributed by atoms with Gasteiger partial charge in [0.05, 0.1) is 0 Å². The largest absolute Gasteiger partial charge is 0.151 e. The third kappa shape index (κ3) is 0.879. The monoisotopic (exact) mass is 212 g/mol. The SMILES string of the molecule is Brc1cccc2cscc12. The Balaban J connectivity index is 2.95. The van der Waals surface area contributed by atoms with Gasteiger partial charge in [-0.2, -0.15) is 11.3 Å². The van der Waals surface area contributed by atoms with Crippen LogP contribution in [0.2, 0.25) is 0 Å². The summed E-state index contributed by atoms with van der Waals surface area (Å²) in [4.78, 5) is 0. The Morgan fingerprint density at radius 2 is 2.10 bits per heavy atom. The molecule has 1 heterocycles. The average molecular weight is 213 g/mol. The van der Waals surface area contributed by atoms with Crippen molar-refractivity contribution in [1.29, 1.82) is 0 Å². The van der Waals surface area contributed by atoms with Crippen LogP contribution in [0.3, 0.4) is 0 Å². The minimum absolute atomic E-state index is 1.19. The van der Waals surface area contributed by atoms with Crippen molar-refractivity contribution >= 4 is 38.0 Å². The van der Waals surface area contributed by atoms with Gasteiger partial charge in [0.2, 0.25) is 0 Å². The first-order chi connectivity index (χ1) is 4.88. The maximum Gasteiger partial charge on any atom is 0.0262 e. The van der Waals surface area contributed by atoms with Gasteiger partial charge < -0.3 is 0 Å². The van der Waals surface area contributed by atoms with Crippen molar-refractivity contribution in [3.63, 3.8) is 0 Å². The van der Waals surface area contributed by atoms with Gasteiger partial charge in [0.1, 0.15) is 0 Å². The molecule has 0 amide bonds.